The van der Waals surface area contributed by atoms with Gasteiger partial charge < -0.3 is 4.74 Å². The van der Waals surface area contributed by atoms with Crippen molar-refractivity contribution < 1.29 is 17.9 Å². The minimum absolute atomic E-state index is 0.0312. The molecule has 7 nitrogen and oxygen atoms in total. The molecule has 2 heterocycles. The number of fused-ring (bicyclic) bond motifs is 1. The summed E-state index contributed by atoms with van der Waals surface area (Å²) in [5, 5.41) is 7.43. The first-order valence-electron chi connectivity index (χ1n) is 9.28. The van der Waals surface area contributed by atoms with Crippen LogP contribution in [0, 0.1) is 0 Å². The van der Waals surface area contributed by atoms with Crippen LogP contribution in [0.1, 0.15) is 22.3 Å². The maximum atomic E-state index is 12.9. The first-order chi connectivity index (χ1) is 14.5. The Kier molecular flexibility index (Phi) is 5.33. The number of hydrogen-bond acceptors (Lipinski definition) is 6. The molecule has 0 unspecified atom stereocenters. The lowest BCUT2D eigenvalue weighted by molar-refractivity contribution is 0.0982. The van der Waals surface area contributed by atoms with Gasteiger partial charge in [-0.25, -0.2) is 13.4 Å². The average Bonchev–Trinajstić information content (AvgIpc) is 3.25. The molecule has 4 rings (SSSR count). The van der Waals surface area contributed by atoms with Crippen molar-refractivity contribution in [2.75, 3.05) is 7.11 Å². The SMILES string of the molecule is COc1ccccc1S(=O)(=O)c1ccc(CCC(=O)c2cnc3[nH]ncc3c2)cc1. The number of rotatable bonds is 7. The highest BCUT2D eigenvalue weighted by molar-refractivity contribution is 7.91. The second-order valence-electron chi connectivity index (χ2n) is 6.75. The van der Waals surface area contributed by atoms with Gasteiger partial charge in [0, 0.05) is 23.6 Å². The molecule has 30 heavy (non-hydrogen) atoms. The fourth-order valence-electron chi connectivity index (χ4n) is 3.19. The lowest BCUT2D eigenvalue weighted by atomic mass is 10.0. The third-order valence-electron chi connectivity index (χ3n) is 4.85. The van der Waals surface area contributed by atoms with Crippen molar-refractivity contribution in [3.8, 4) is 5.75 Å². The van der Waals surface area contributed by atoms with Crippen LogP contribution in [0.5, 0.6) is 5.75 Å². The molecule has 8 heteroatoms. The number of methoxy groups -OCH3 is 1. The number of Topliss-reactive ketones (excluding diaryl/α,β-unsaturated/α-hetero) is 1. The third-order valence-corrected chi connectivity index (χ3v) is 6.66. The quantitative estimate of drug-likeness (QED) is 0.457. The molecular formula is C22H19N3O4S. The number of sulfone groups is 1. The fourth-order valence-corrected chi connectivity index (χ4v) is 4.62. The number of aromatic amines is 1. The zero-order valence-corrected chi connectivity index (χ0v) is 17.0. The summed E-state index contributed by atoms with van der Waals surface area (Å²) >= 11 is 0. The number of carbonyl (C=O) groups is 1. The predicted molar refractivity (Wildman–Crippen MR) is 111 cm³/mol. The lowest BCUT2D eigenvalue weighted by Gasteiger charge is -2.10. The molecule has 1 N–H and O–H groups in total. The molecule has 0 fully saturated rings. The van der Waals surface area contributed by atoms with Crippen LogP contribution in [0.3, 0.4) is 0 Å². The average molecular weight is 421 g/mol. The highest BCUT2D eigenvalue weighted by Gasteiger charge is 2.21. The zero-order valence-electron chi connectivity index (χ0n) is 16.2. The van der Waals surface area contributed by atoms with Gasteiger partial charge in [0.1, 0.15) is 10.6 Å². The Morgan fingerprint density at radius 3 is 2.60 bits per heavy atom. The Hall–Kier alpha value is -3.52. The van der Waals surface area contributed by atoms with Crippen molar-refractivity contribution in [3.63, 3.8) is 0 Å². The Morgan fingerprint density at radius 2 is 1.83 bits per heavy atom. The monoisotopic (exact) mass is 421 g/mol. The summed E-state index contributed by atoms with van der Waals surface area (Å²) in [6, 6.07) is 14.8. The highest BCUT2D eigenvalue weighted by Crippen LogP contribution is 2.29. The summed E-state index contributed by atoms with van der Waals surface area (Å²) in [5.41, 5.74) is 2.04. The second kappa shape index (κ2) is 8.08. The van der Waals surface area contributed by atoms with Crippen LogP contribution in [-0.2, 0) is 16.3 Å². The van der Waals surface area contributed by atoms with E-state index >= 15 is 0 Å². The van der Waals surface area contributed by atoms with Gasteiger partial charge in [-0.1, -0.05) is 24.3 Å². The highest BCUT2D eigenvalue weighted by atomic mass is 32.2. The standard InChI is InChI=1S/C22H19N3O4S/c1-29-20-4-2-3-5-21(20)30(27,28)18-9-6-15(7-10-18)8-11-19(26)16-12-17-14-24-25-22(17)23-13-16/h2-7,9-10,12-14H,8,11H2,1H3,(H,23,24,25). The van der Waals surface area contributed by atoms with Crippen LogP contribution in [-0.4, -0.2) is 36.5 Å². The summed E-state index contributed by atoms with van der Waals surface area (Å²) < 4.78 is 31.0. The van der Waals surface area contributed by atoms with E-state index in [1.54, 1.807) is 54.7 Å². The molecule has 0 spiro atoms. The van der Waals surface area contributed by atoms with Gasteiger partial charge in [0.25, 0.3) is 0 Å². The Morgan fingerprint density at radius 1 is 1.07 bits per heavy atom. The van der Waals surface area contributed by atoms with Crippen LogP contribution in [0.15, 0.2) is 76.8 Å². The number of ketones is 1. The number of benzene rings is 2. The molecule has 2 aromatic heterocycles. The minimum atomic E-state index is -3.70. The van der Waals surface area contributed by atoms with E-state index in [1.807, 2.05) is 0 Å². The number of H-pyrrole nitrogens is 1. The Balaban J connectivity index is 1.47. The number of hydrogen-bond donors (Lipinski definition) is 1. The van der Waals surface area contributed by atoms with Gasteiger partial charge in [-0.15, -0.1) is 0 Å². The lowest BCUT2D eigenvalue weighted by Crippen LogP contribution is -2.05. The number of nitrogens with one attached hydrogen (secondary N) is 1. The summed E-state index contributed by atoms with van der Waals surface area (Å²) in [5.74, 6) is 0.270. The van der Waals surface area contributed by atoms with Crippen LogP contribution in [0.4, 0.5) is 0 Å². The first kappa shape index (κ1) is 19.8. The number of aromatic nitrogens is 3. The van der Waals surface area contributed by atoms with Crippen LogP contribution in [0.2, 0.25) is 0 Å². The largest absolute Gasteiger partial charge is 0.495 e. The van der Waals surface area contributed by atoms with Crippen molar-refractivity contribution >= 4 is 26.7 Å². The molecule has 0 bridgehead atoms. The topological polar surface area (TPSA) is 102 Å². The van der Waals surface area contributed by atoms with Crippen LogP contribution < -0.4 is 4.74 Å². The van der Waals surface area contributed by atoms with E-state index in [1.165, 1.54) is 19.4 Å². The second-order valence-corrected chi connectivity index (χ2v) is 8.67. The molecular weight excluding hydrogens is 402 g/mol. The number of nitrogens with zero attached hydrogens (tertiary/aromatic N) is 2. The van der Waals surface area contributed by atoms with Crippen molar-refractivity contribution in [1.82, 2.24) is 15.2 Å². The molecule has 152 valence electrons. The van der Waals surface area contributed by atoms with Gasteiger partial charge in [-0.05, 0) is 42.3 Å². The van der Waals surface area contributed by atoms with Crippen LogP contribution >= 0.6 is 0 Å². The maximum Gasteiger partial charge on any atom is 0.210 e. The molecule has 0 aliphatic heterocycles. The molecule has 0 atom stereocenters. The molecule has 2 aromatic carbocycles. The van der Waals surface area contributed by atoms with Gasteiger partial charge in [0.05, 0.1) is 18.2 Å². The van der Waals surface area contributed by atoms with E-state index in [-0.39, 0.29) is 15.6 Å². The van der Waals surface area contributed by atoms with E-state index in [0.717, 1.165) is 10.9 Å². The Labute approximate surface area is 173 Å². The van der Waals surface area contributed by atoms with Crippen molar-refractivity contribution in [2.45, 2.75) is 22.6 Å². The van der Waals surface area contributed by atoms with Gasteiger partial charge in [-0.3, -0.25) is 9.89 Å². The van der Waals surface area contributed by atoms with Crippen molar-refractivity contribution in [3.05, 3.63) is 78.1 Å². The van der Waals surface area contributed by atoms with E-state index in [0.29, 0.717) is 29.8 Å². The normalized spacial score (nSPS) is 11.5. The molecule has 0 saturated heterocycles. The molecule has 0 saturated carbocycles. The summed E-state index contributed by atoms with van der Waals surface area (Å²) in [7, 11) is -2.26. The van der Waals surface area contributed by atoms with E-state index < -0.39 is 9.84 Å². The summed E-state index contributed by atoms with van der Waals surface area (Å²) in [4.78, 5) is 17.0. The van der Waals surface area contributed by atoms with E-state index in [2.05, 4.69) is 15.2 Å². The number of pyridine rings is 1. The summed E-state index contributed by atoms with van der Waals surface area (Å²) in [6.07, 6.45) is 3.95. The van der Waals surface area contributed by atoms with Crippen molar-refractivity contribution in [2.24, 2.45) is 0 Å². The van der Waals surface area contributed by atoms with Gasteiger partial charge in [-0.2, -0.15) is 5.10 Å². The van der Waals surface area contributed by atoms with E-state index in [9.17, 15) is 13.2 Å². The smallest absolute Gasteiger partial charge is 0.210 e. The van der Waals surface area contributed by atoms with E-state index in [4.69, 9.17) is 4.74 Å². The van der Waals surface area contributed by atoms with Gasteiger partial charge in [0.2, 0.25) is 9.84 Å². The summed E-state index contributed by atoms with van der Waals surface area (Å²) in [6.45, 7) is 0. The molecule has 0 aliphatic rings. The zero-order chi connectivity index (χ0) is 21.1. The molecule has 0 radical (unpaired) electrons. The van der Waals surface area contributed by atoms with Gasteiger partial charge in [0.15, 0.2) is 11.4 Å². The third kappa shape index (κ3) is 3.81. The fraction of sp³-hybridized carbons (Fsp3) is 0.136. The van der Waals surface area contributed by atoms with Gasteiger partial charge >= 0.3 is 0 Å². The minimum Gasteiger partial charge on any atom is -0.495 e. The molecule has 0 amide bonds. The number of ether oxygens (including phenoxy) is 1. The molecule has 4 aromatic rings. The number of carbonyl (C=O) groups excluding carboxylic acids is 1. The Bertz CT molecular complexity index is 1310. The molecule has 0 aliphatic carbocycles. The predicted octanol–water partition coefficient (Wildman–Crippen LogP) is 3.61. The maximum absolute atomic E-state index is 12.9. The number of para-hydroxylation sites is 1. The van der Waals surface area contributed by atoms with Crippen LogP contribution in [0.25, 0.3) is 11.0 Å². The van der Waals surface area contributed by atoms with Crippen molar-refractivity contribution in [1.29, 1.82) is 0 Å². The number of aryl methyl sites for hydroxylation is 1. The first-order valence-corrected chi connectivity index (χ1v) is 10.8.